The molecule has 2 atom stereocenters. The molecule has 0 saturated heterocycles. The summed E-state index contributed by atoms with van der Waals surface area (Å²) < 4.78 is 16.4. The van der Waals surface area contributed by atoms with Crippen LogP contribution in [0.4, 0.5) is 0 Å². The first-order chi connectivity index (χ1) is 8.99. The summed E-state index contributed by atoms with van der Waals surface area (Å²) in [7, 11) is -0.794. The van der Waals surface area contributed by atoms with Gasteiger partial charge in [-0.15, -0.1) is 0 Å². The van der Waals surface area contributed by atoms with E-state index in [9.17, 15) is 9.32 Å². The Morgan fingerprint density at radius 2 is 2.16 bits per heavy atom. The van der Waals surface area contributed by atoms with Crippen LogP contribution in [0.2, 0.25) is 0 Å². The quantitative estimate of drug-likeness (QED) is 0.700. The maximum atomic E-state index is 10.8. The Morgan fingerprint density at radius 3 is 2.79 bits per heavy atom. The molecule has 19 heavy (non-hydrogen) atoms. The van der Waals surface area contributed by atoms with Gasteiger partial charge in [-0.3, -0.25) is 4.21 Å². The molecular formula is C14H23NO3S. The zero-order valence-electron chi connectivity index (χ0n) is 11.8. The summed E-state index contributed by atoms with van der Waals surface area (Å²) in [5.74, 6) is 1.41. The van der Waals surface area contributed by atoms with E-state index in [1.807, 2.05) is 26.0 Å². The van der Waals surface area contributed by atoms with Crippen LogP contribution in [-0.4, -0.2) is 47.1 Å². The van der Waals surface area contributed by atoms with E-state index >= 15 is 0 Å². The van der Waals surface area contributed by atoms with Gasteiger partial charge in [-0.25, -0.2) is 0 Å². The second kappa shape index (κ2) is 8.30. The maximum absolute atomic E-state index is 10.8. The molecule has 1 aromatic rings. The van der Waals surface area contributed by atoms with E-state index in [4.69, 9.17) is 4.74 Å². The highest BCUT2D eigenvalue weighted by atomic mass is 32.2. The lowest BCUT2D eigenvalue weighted by molar-refractivity contribution is 0.106. The molecule has 0 radical (unpaired) electrons. The molecule has 0 aliphatic heterocycles. The van der Waals surface area contributed by atoms with Crippen molar-refractivity contribution in [3.8, 4) is 5.75 Å². The second-order valence-electron chi connectivity index (χ2n) is 4.72. The zero-order chi connectivity index (χ0) is 14.3. The van der Waals surface area contributed by atoms with Crippen molar-refractivity contribution < 1.29 is 14.1 Å². The minimum atomic E-state index is -0.794. The van der Waals surface area contributed by atoms with E-state index in [2.05, 4.69) is 11.4 Å². The second-order valence-corrected chi connectivity index (χ2v) is 6.27. The summed E-state index contributed by atoms with van der Waals surface area (Å²) in [6, 6.07) is 5.96. The molecule has 0 aliphatic carbocycles. The van der Waals surface area contributed by atoms with E-state index in [0.717, 1.165) is 11.3 Å². The highest BCUT2D eigenvalue weighted by Gasteiger charge is 2.06. The molecular weight excluding hydrogens is 262 g/mol. The van der Waals surface area contributed by atoms with Gasteiger partial charge in [0, 0.05) is 35.9 Å². The molecule has 0 aromatic heterocycles. The van der Waals surface area contributed by atoms with E-state index in [0.29, 0.717) is 18.8 Å². The van der Waals surface area contributed by atoms with Crippen LogP contribution in [-0.2, 0) is 10.8 Å². The Bertz CT molecular complexity index is 423. The number of nitrogens with one attached hydrogen (secondary N) is 1. The fraction of sp³-hybridized carbons (Fsp3) is 0.571. The topological polar surface area (TPSA) is 58.6 Å². The highest BCUT2D eigenvalue weighted by Crippen LogP contribution is 2.18. The third-order valence-electron chi connectivity index (χ3n) is 2.71. The Kier molecular flexibility index (Phi) is 7.05. The van der Waals surface area contributed by atoms with Crippen LogP contribution in [0.3, 0.4) is 0 Å². The number of aliphatic hydroxyl groups excluding tert-OH is 1. The van der Waals surface area contributed by atoms with Crippen LogP contribution in [0.1, 0.15) is 11.1 Å². The molecule has 0 amide bonds. The van der Waals surface area contributed by atoms with Crippen LogP contribution < -0.4 is 10.1 Å². The minimum Gasteiger partial charge on any atom is -0.491 e. The standard InChI is InChI=1S/C14H23NO3S/c1-11-4-5-14(12(2)8-11)18-10-13(16)9-15-6-7-19(3)17/h4-5,8,13,15-16H,6-7,9-10H2,1-3H3. The average Bonchev–Trinajstić information content (AvgIpc) is 2.33. The van der Waals surface area contributed by atoms with Crippen LogP contribution in [0.15, 0.2) is 18.2 Å². The number of ether oxygens (including phenoxy) is 1. The normalized spacial score (nSPS) is 14.1. The summed E-state index contributed by atoms with van der Waals surface area (Å²) >= 11 is 0. The monoisotopic (exact) mass is 285 g/mol. The number of benzene rings is 1. The summed E-state index contributed by atoms with van der Waals surface area (Å²) in [6.07, 6.45) is 1.10. The lowest BCUT2D eigenvalue weighted by atomic mass is 10.1. The first kappa shape index (κ1) is 16.1. The zero-order valence-corrected chi connectivity index (χ0v) is 12.6. The van der Waals surface area contributed by atoms with Gasteiger partial charge < -0.3 is 15.2 Å². The predicted molar refractivity (Wildman–Crippen MR) is 79.2 cm³/mol. The van der Waals surface area contributed by atoms with Gasteiger partial charge in [0.15, 0.2) is 0 Å². The summed E-state index contributed by atoms with van der Waals surface area (Å²) in [4.78, 5) is 0. The first-order valence-electron chi connectivity index (χ1n) is 6.38. The van der Waals surface area contributed by atoms with Crippen molar-refractivity contribution in [1.29, 1.82) is 0 Å². The highest BCUT2D eigenvalue weighted by molar-refractivity contribution is 7.84. The molecule has 0 saturated carbocycles. The molecule has 2 N–H and O–H groups in total. The van der Waals surface area contributed by atoms with Crippen molar-refractivity contribution in [3.63, 3.8) is 0 Å². The van der Waals surface area contributed by atoms with Crippen molar-refractivity contribution in [2.45, 2.75) is 20.0 Å². The first-order valence-corrected chi connectivity index (χ1v) is 8.10. The molecule has 0 spiro atoms. The van der Waals surface area contributed by atoms with Crippen molar-refractivity contribution in [1.82, 2.24) is 5.32 Å². The lowest BCUT2D eigenvalue weighted by Gasteiger charge is -2.14. The van der Waals surface area contributed by atoms with Gasteiger partial charge in [-0.1, -0.05) is 17.7 Å². The van der Waals surface area contributed by atoms with Crippen LogP contribution in [0, 0.1) is 13.8 Å². The summed E-state index contributed by atoms with van der Waals surface area (Å²) in [5.41, 5.74) is 2.26. The number of rotatable bonds is 8. The smallest absolute Gasteiger partial charge is 0.122 e. The fourth-order valence-electron chi connectivity index (χ4n) is 1.69. The van der Waals surface area contributed by atoms with Gasteiger partial charge in [0.25, 0.3) is 0 Å². The Morgan fingerprint density at radius 1 is 1.42 bits per heavy atom. The number of aliphatic hydroxyl groups is 1. The van der Waals surface area contributed by atoms with Gasteiger partial charge in [0.1, 0.15) is 18.5 Å². The molecule has 1 aromatic carbocycles. The van der Waals surface area contributed by atoms with Gasteiger partial charge in [-0.2, -0.15) is 0 Å². The van der Waals surface area contributed by atoms with Crippen LogP contribution in [0.25, 0.3) is 0 Å². The van der Waals surface area contributed by atoms with E-state index in [1.54, 1.807) is 6.26 Å². The Labute approximate surface area is 117 Å². The largest absolute Gasteiger partial charge is 0.491 e. The molecule has 5 heteroatoms. The number of hydrogen-bond acceptors (Lipinski definition) is 4. The maximum Gasteiger partial charge on any atom is 0.122 e. The molecule has 0 fully saturated rings. The van der Waals surface area contributed by atoms with Gasteiger partial charge >= 0.3 is 0 Å². The number of hydrogen-bond donors (Lipinski definition) is 2. The molecule has 0 heterocycles. The van der Waals surface area contributed by atoms with E-state index in [1.165, 1.54) is 5.56 Å². The van der Waals surface area contributed by atoms with Crippen LogP contribution >= 0.6 is 0 Å². The molecule has 2 unspecified atom stereocenters. The van der Waals surface area contributed by atoms with Gasteiger partial charge in [0.2, 0.25) is 0 Å². The Hall–Kier alpha value is -0.910. The van der Waals surface area contributed by atoms with Crippen LogP contribution in [0.5, 0.6) is 5.75 Å². The molecule has 0 aliphatic rings. The lowest BCUT2D eigenvalue weighted by Crippen LogP contribution is -2.33. The SMILES string of the molecule is Cc1ccc(OCC(O)CNCCS(C)=O)c(C)c1. The summed E-state index contributed by atoms with van der Waals surface area (Å²) in [6.45, 7) is 5.37. The van der Waals surface area contributed by atoms with E-state index < -0.39 is 16.9 Å². The van der Waals surface area contributed by atoms with Gasteiger partial charge in [-0.05, 0) is 25.5 Å². The number of aryl methyl sites for hydroxylation is 2. The van der Waals surface area contributed by atoms with Crippen molar-refractivity contribution in [3.05, 3.63) is 29.3 Å². The molecule has 0 bridgehead atoms. The third-order valence-corrected chi connectivity index (χ3v) is 3.49. The average molecular weight is 285 g/mol. The van der Waals surface area contributed by atoms with Crippen molar-refractivity contribution in [2.75, 3.05) is 31.7 Å². The predicted octanol–water partition coefficient (Wildman–Crippen LogP) is 1.01. The molecule has 4 nitrogen and oxygen atoms in total. The molecule has 1 rings (SSSR count). The Balaban J connectivity index is 2.26. The van der Waals surface area contributed by atoms with E-state index in [-0.39, 0.29) is 6.61 Å². The fourth-order valence-corrected chi connectivity index (χ4v) is 2.12. The minimum absolute atomic E-state index is 0.256. The summed E-state index contributed by atoms with van der Waals surface area (Å²) in [5, 5.41) is 12.8. The van der Waals surface area contributed by atoms with Crippen molar-refractivity contribution >= 4 is 10.8 Å². The van der Waals surface area contributed by atoms with Crippen molar-refractivity contribution in [2.24, 2.45) is 0 Å². The third kappa shape index (κ3) is 6.71. The van der Waals surface area contributed by atoms with Gasteiger partial charge in [0.05, 0.1) is 0 Å². The molecule has 108 valence electrons.